The molecule has 1 heterocycles. The van der Waals surface area contributed by atoms with E-state index < -0.39 is 0 Å². The molecule has 1 aliphatic rings. The number of nitrogens with two attached hydrogens (primary N) is 1. The second-order valence-electron chi connectivity index (χ2n) is 2.44. The summed E-state index contributed by atoms with van der Waals surface area (Å²) in [4.78, 5) is 0. The van der Waals surface area contributed by atoms with E-state index >= 15 is 0 Å². The Morgan fingerprint density at radius 2 is 2.00 bits per heavy atom. The van der Waals surface area contributed by atoms with E-state index in [4.69, 9.17) is 5.73 Å². The molecular formula is C6H13NS2. The molecular weight excluding hydrogens is 150 g/mol. The first-order valence-corrected chi connectivity index (χ1v) is 5.36. The maximum absolute atomic E-state index is 5.51. The van der Waals surface area contributed by atoms with Gasteiger partial charge in [0.15, 0.2) is 0 Å². The predicted molar refractivity (Wildman–Crippen MR) is 46.9 cm³/mol. The highest BCUT2D eigenvalue weighted by molar-refractivity contribution is 8.17. The summed E-state index contributed by atoms with van der Waals surface area (Å²) in [5.41, 5.74) is 5.51. The van der Waals surface area contributed by atoms with Gasteiger partial charge in [0.05, 0.1) is 4.58 Å². The molecule has 0 unspecified atom stereocenters. The van der Waals surface area contributed by atoms with E-state index in [0.29, 0.717) is 4.58 Å². The van der Waals surface area contributed by atoms with Crippen LogP contribution in [0.25, 0.3) is 0 Å². The fraction of sp³-hybridized carbons (Fsp3) is 1.00. The van der Waals surface area contributed by atoms with Gasteiger partial charge in [-0.1, -0.05) is 6.92 Å². The summed E-state index contributed by atoms with van der Waals surface area (Å²) >= 11 is 4.02. The number of hydrogen-bond donors (Lipinski definition) is 1. The standard InChI is InChI=1S/C6H13NS2/c1-5-3-8-6(2-7)9-4-5/h5-6H,2-4,7H2,1H3. The Labute approximate surface area is 65.1 Å². The van der Waals surface area contributed by atoms with Gasteiger partial charge in [0, 0.05) is 6.54 Å². The number of rotatable bonds is 1. The summed E-state index contributed by atoms with van der Waals surface area (Å²) in [6.07, 6.45) is 0. The van der Waals surface area contributed by atoms with Crippen LogP contribution < -0.4 is 5.73 Å². The summed E-state index contributed by atoms with van der Waals surface area (Å²) in [6.45, 7) is 3.13. The normalized spacial score (nSPS) is 36.7. The predicted octanol–water partition coefficient (Wildman–Crippen LogP) is 1.39. The molecule has 0 amide bonds. The van der Waals surface area contributed by atoms with Gasteiger partial charge in [0.2, 0.25) is 0 Å². The molecule has 1 fully saturated rings. The lowest BCUT2D eigenvalue weighted by Gasteiger charge is -2.23. The van der Waals surface area contributed by atoms with E-state index in [1.807, 2.05) is 23.5 Å². The van der Waals surface area contributed by atoms with Crippen LogP contribution in [0.2, 0.25) is 0 Å². The van der Waals surface area contributed by atoms with Gasteiger partial charge in [-0.2, -0.15) is 0 Å². The van der Waals surface area contributed by atoms with Crippen molar-refractivity contribution in [1.82, 2.24) is 0 Å². The van der Waals surface area contributed by atoms with Crippen molar-refractivity contribution < 1.29 is 0 Å². The molecule has 0 radical (unpaired) electrons. The second-order valence-corrected chi connectivity index (χ2v) is 5.21. The molecule has 0 bridgehead atoms. The van der Waals surface area contributed by atoms with Crippen molar-refractivity contribution in [2.24, 2.45) is 11.7 Å². The molecule has 1 aliphatic heterocycles. The molecule has 1 saturated heterocycles. The molecule has 0 atom stereocenters. The smallest absolute Gasteiger partial charge is 0.0624 e. The Bertz CT molecular complexity index is 79.1. The van der Waals surface area contributed by atoms with Crippen molar-refractivity contribution in [3.8, 4) is 0 Å². The van der Waals surface area contributed by atoms with Gasteiger partial charge in [0.25, 0.3) is 0 Å². The first kappa shape index (κ1) is 7.76. The molecule has 0 spiro atoms. The van der Waals surface area contributed by atoms with E-state index in [-0.39, 0.29) is 0 Å². The largest absolute Gasteiger partial charge is 0.329 e. The van der Waals surface area contributed by atoms with Crippen LogP contribution >= 0.6 is 23.5 Å². The van der Waals surface area contributed by atoms with Crippen LogP contribution in [0.5, 0.6) is 0 Å². The van der Waals surface area contributed by atoms with E-state index in [2.05, 4.69) is 6.92 Å². The summed E-state index contributed by atoms with van der Waals surface area (Å²) in [6, 6.07) is 0. The Hall–Kier alpha value is 0.660. The molecule has 0 aromatic rings. The quantitative estimate of drug-likeness (QED) is 0.632. The van der Waals surface area contributed by atoms with E-state index in [0.717, 1.165) is 12.5 Å². The van der Waals surface area contributed by atoms with Crippen LogP contribution in [0.15, 0.2) is 0 Å². The van der Waals surface area contributed by atoms with Gasteiger partial charge in [0.1, 0.15) is 0 Å². The van der Waals surface area contributed by atoms with Crippen LogP contribution in [0.4, 0.5) is 0 Å². The number of thioether (sulfide) groups is 2. The van der Waals surface area contributed by atoms with Crippen molar-refractivity contribution in [2.45, 2.75) is 11.5 Å². The van der Waals surface area contributed by atoms with Crippen molar-refractivity contribution >= 4 is 23.5 Å². The van der Waals surface area contributed by atoms with Crippen LogP contribution in [-0.4, -0.2) is 22.6 Å². The van der Waals surface area contributed by atoms with Crippen LogP contribution in [0.3, 0.4) is 0 Å². The van der Waals surface area contributed by atoms with Gasteiger partial charge in [-0.3, -0.25) is 0 Å². The fourth-order valence-corrected chi connectivity index (χ4v) is 3.38. The lowest BCUT2D eigenvalue weighted by atomic mass is 10.3. The lowest BCUT2D eigenvalue weighted by molar-refractivity contribution is 0.755. The van der Waals surface area contributed by atoms with Gasteiger partial charge >= 0.3 is 0 Å². The van der Waals surface area contributed by atoms with Crippen molar-refractivity contribution in [3.05, 3.63) is 0 Å². The van der Waals surface area contributed by atoms with Crippen LogP contribution in [0.1, 0.15) is 6.92 Å². The molecule has 9 heavy (non-hydrogen) atoms. The van der Waals surface area contributed by atoms with Crippen molar-refractivity contribution in [2.75, 3.05) is 18.1 Å². The Balaban J connectivity index is 2.18. The minimum atomic E-state index is 0.682. The summed E-state index contributed by atoms with van der Waals surface area (Å²) in [7, 11) is 0. The monoisotopic (exact) mass is 163 g/mol. The lowest BCUT2D eigenvalue weighted by Crippen LogP contribution is -2.21. The maximum atomic E-state index is 5.51. The van der Waals surface area contributed by atoms with E-state index in [1.54, 1.807) is 0 Å². The zero-order chi connectivity index (χ0) is 6.69. The molecule has 0 aliphatic carbocycles. The highest BCUT2D eigenvalue weighted by atomic mass is 32.2. The van der Waals surface area contributed by atoms with Gasteiger partial charge < -0.3 is 5.73 Å². The number of hydrogen-bond acceptors (Lipinski definition) is 3. The molecule has 1 rings (SSSR count). The third kappa shape index (κ3) is 2.40. The molecule has 3 heteroatoms. The summed E-state index contributed by atoms with van der Waals surface area (Å²) in [5, 5.41) is 0. The Morgan fingerprint density at radius 3 is 2.44 bits per heavy atom. The second kappa shape index (κ2) is 3.74. The Morgan fingerprint density at radius 1 is 1.44 bits per heavy atom. The maximum Gasteiger partial charge on any atom is 0.0624 e. The highest BCUT2D eigenvalue weighted by Crippen LogP contribution is 2.32. The zero-order valence-corrected chi connectivity index (χ0v) is 7.30. The van der Waals surface area contributed by atoms with Crippen LogP contribution in [-0.2, 0) is 0 Å². The third-order valence-electron chi connectivity index (χ3n) is 1.33. The summed E-state index contributed by atoms with van der Waals surface area (Å²) < 4.78 is 0.682. The highest BCUT2D eigenvalue weighted by Gasteiger charge is 2.16. The topological polar surface area (TPSA) is 26.0 Å². The molecule has 54 valence electrons. The zero-order valence-electron chi connectivity index (χ0n) is 5.67. The van der Waals surface area contributed by atoms with E-state index in [9.17, 15) is 0 Å². The van der Waals surface area contributed by atoms with E-state index in [1.165, 1.54) is 11.5 Å². The molecule has 1 nitrogen and oxygen atoms in total. The average molecular weight is 163 g/mol. The van der Waals surface area contributed by atoms with Crippen LogP contribution in [0, 0.1) is 5.92 Å². The average Bonchev–Trinajstić information content (AvgIpc) is 1.90. The van der Waals surface area contributed by atoms with Gasteiger partial charge in [-0.15, -0.1) is 23.5 Å². The Kier molecular flexibility index (Phi) is 3.22. The van der Waals surface area contributed by atoms with Crippen molar-refractivity contribution in [3.63, 3.8) is 0 Å². The molecule has 0 saturated carbocycles. The summed E-state index contributed by atoms with van der Waals surface area (Å²) in [5.74, 6) is 3.49. The minimum Gasteiger partial charge on any atom is -0.329 e. The molecule has 0 aromatic carbocycles. The van der Waals surface area contributed by atoms with Gasteiger partial charge in [-0.25, -0.2) is 0 Å². The SMILES string of the molecule is CC1CSC(CN)SC1. The van der Waals surface area contributed by atoms with Gasteiger partial charge in [-0.05, 0) is 17.4 Å². The third-order valence-corrected chi connectivity index (χ3v) is 4.79. The molecule has 0 aromatic heterocycles. The minimum absolute atomic E-state index is 0.682. The van der Waals surface area contributed by atoms with Crippen molar-refractivity contribution in [1.29, 1.82) is 0 Å². The molecule has 2 N–H and O–H groups in total. The fourth-order valence-electron chi connectivity index (χ4n) is 0.775. The first-order chi connectivity index (χ1) is 4.33. The first-order valence-electron chi connectivity index (χ1n) is 3.26.